The van der Waals surface area contributed by atoms with Gasteiger partial charge in [0.2, 0.25) is 0 Å². The lowest BCUT2D eigenvalue weighted by Gasteiger charge is -2.21. The maximum atomic E-state index is 10.9. The molecule has 0 heterocycles. The van der Waals surface area contributed by atoms with Crippen molar-refractivity contribution in [2.24, 2.45) is 5.73 Å². The van der Waals surface area contributed by atoms with Gasteiger partial charge >= 0.3 is 6.03 Å². The van der Waals surface area contributed by atoms with Crippen LogP contribution in [0.5, 0.6) is 11.5 Å². The average Bonchev–Trinajstić information content (AvgIpc) is 2.56. The second kappa shape index (κ2) is 6.54. The van der Waals surface area contributed by atoms with Crippen LogP contribution in [-0.4, -0.2) is 22.8 Å². The molecule has 0 atom stereocenters. The van der Waals surface area contributed by atoms with E-state index in [4.69, 9.17) is 10.5 Å². The Kier molecular flexibility index (Phi) is 4.30. The number of hydroxylamine groups is 2. The molecule has 1 aliphatic carbocycles. The van der Waals surface area contributed by atoms with E-state index in [0.717, 1.165) is 41.0 Å². The van der Waals surface area contributed by atoms with Gasteiger partial charge in [0.1, 0.15) is 11.5 Å². The van der Waals surface area contributed by atoms with Gasteiger partial charge < -0.3 is 10.5 Å². The van der Waals surface area contributed by atoms with E-state index in [2.05, 4.69) is 0 Å². The smallest absolute Gasteiger partial charge is 0.338 e. The Labute approximate surface area is 134 Å². The number of hydrogen-bond acceptors (Lipinski definition) is 3. The minimum Gasteiger partial charge on any atom is -0.457 e. The average molecular weight is 310 g/mol. The van der Waals surface area contributed by atoms with Crippen LogP contribution in [-0.2, 0) is 6.42 Å². The zero-order valence-corrected chi connectivity index (χ0v) is 12.6. The fraction of sp³-hybridized carbons (Fsp3) is 0.167. The van der Waals surface area contributed by atoms with Crippen molar-refractivity contribution in [2.75, 3.05) is 6.54 Å². The van der Waals surface area contributed by atoms with E-state index in [0.29, 0.717) is 5.06 Å². The molecule has 5 nitrogen and oxygen atoms in total. The van der Waals surface area contributed by atoms with E-state index < -0.39 is 6.03 Å². The van der Waals surface area contributed by atoms with E-state index in [1.165, 1.54) is 0 Å². The second-order valence-corrected chi connectivity index (χ2v) is 5.44. The van der Waals surface area contributed by atoms with Gasteiger partial charge in [-0.1, -0.05) is 36.4 Å². The summed E-state index contributed by atoms with van der Waals surface area (Å²) < 4.78 is 5.97. The number of nitrogens with zero attached hydrogens (tertiary/aromatic N) is 1. The van der Waals surface area contributed by atoms with E-state index in [1.807, 2.05) is 54.6 Å². The van der Waals surface area contributed by atoms with E-state index in [1.54, 1.807) is 0 Å². The van der Waals surface area contributed by atoms with E-state index in [9.17, 15) is 10.0 Å². The zero-order chi connectivity index (χ0) is 16.2. The number of amides is 2. The molecule has 0 aliphatic heterocycles. The monoisotopic (exact) mass is 310 g/mol. The van der Waals surface area contributed by atoms with E-state index in [-0.39, 0.29) is 6.54 Å². The molecule has 0 unspecified atom stereocenters. The van der Waals surface area contributed by atoms with Crippen LogP contribution in [0.15, 0.2) is 54.1 Å². The normalized spacial score (nSPS) is 13.0. The molecule has 118 valence electrons. The van der Waals surface area contributed by atoms with E-state index >= 15 is 0 Å². The fourth-order valence-corrected chi connectivity index (χ4v) is 2.67. The van der Waals surface area contributed by atoms with Crippen LogP contribution >= 0.6 is 0 Å². The fourth-order valence-electron chi connectivity index (χ4n) is 2.67. The summed E-state index contributed by atoms with van der Waals surface area (Å²) in [5.74, 6) is 1.63. The Morgan fingerprint density at radius 3 is 2.65 bits per heavy atom. The van der Waals surface area contributed by atoms with Crippen molar-refractivity contribution in [2.45, 2.75) is 12.8 Å². The van der Waals surface area contributed by atoms with Crippen molar-refractivity contribution in [3.05, 3.63) is 65.2 Å². The third-order valence-corrected chi connectivity index (χ3v) is 3.80. The van der Waals surface area contributed by atoms with Crippen molar-refractivity contribution < 1.29 is 14.7 Å². The van der Waals surface area contributed by atoms with Crippen LogP contribution in [0, 0.1) is 0 Å². The Morgan fingerprint density at radius 1 is 1.13 bits per heavy atom. The molecular formula is C18H18N2O3. The van der Waals surface area contributed by atoms with Gasteiger partial charge in [-0.3, -0.25) is 5.21 Å². The number of hydrogen-bond donors (Lipinski definition) is 2. The number of benzene rings is 2. The molecule has 0 radical (unpaired) electrons. The molecule has 23 heavy (non-hydrogen) atoms. The molecule has 2 aromatic carbocycles. The Morgan fingerprint density at radius 2 is 1.91 bits per heavy atom. The summed E-state index contributed by atoms with van der Waals surface area (Å²) in [6, 6.07) is 14.7. The lowest BCUT2D eigenvalue weighted by atomic mass is 9.91. The number of ether oxygens (including phenoxy) is 1. The summed E-state index contributed by atoms with van der Waals surface area (Å²) in [4.78, 5) is 10.9. The first-order valence-electron chi connectivity index (χ1n) is 7.43. The van der Waals surface area contributed by atoms with Gasteiger partial charge in [-0.25, -0.2) is 9.86 Å². The van der Waals surface area contributed by atoms with Gasteiger partial charge in [0.25, 0.3) is 0 Å². The number of carbonyl (C=O) groups excluding carboxylic acids is 1. The van der Waals surface area contributed by atoms with Crippen LogP contribution in [0.25, 0.3) is 6.08 Å². The molecule has 2 amide bonds. The number of nitrogens with two attached hydrogens (primary N) is 1. The summed E-state index contributed by atoms with van der Waals surface area (Å²) >= 11 is 0. The maximum Gasteiger partial charge on any atom is 0.338 e. The Hall–Kier alpha value is -2.79. The predicted octanol–water partition coefficient (Wildman–Crippen LogP) is 3.58. The molecule has 3 rings (SSSR count). The van der Waals surface area contributed by atoms with Crippen molar-refractivity contribution in [1.82, 2.24) is 5.06 Å². The minimum atomic E-state index is -0.849. The van der Waals surface area contributed by atoms with Crippen molar-refractivity contribution >= 4 is 12.1 Å². The van der Waals surface area contributed by atoms with Crippen molar-refractivity contribution in [3.8, 4) is 11.5 Å². The molecule has 5 heteroatoms. The lowest BCUT2D eigenvalue weighted by Crippen LogP contribution is -2.34. The Bertz CT molecular complexity index is 741. The van der Waals surface area contributed by atoms with Crippen molar-refractivity contribution in [3.63, 3.8) is 0 Å². The largest absolute Gasteiger partial charge is 0.457 e. The molecule has 0 saturated heterocycles. The lowest BCUT2D eigenvalue weighted by molar-refractivity contribution is -0.0313. The molecule has 0 saturated carbocycles. The summed E-state index contributed by atoms with van der Waals surface area (Å²) in [7, 11) is 0. The summed E-state index contributed by atoms with van der Waals surface area (Å²) in [6.07, 6.45) is 3.51. The van der Waals surface area contributed by atoms with Crippen molar-refractivity contribution in [1.29, 1.82) is 0 Å². The van der Waals surface area contributed by atoms with Crippen LogP contribution in [0.1, 0.15) is 17.5 Å². The highest BCUT2D eigenvalue weighted by Gasteiger charge is 2.17. The topological polar surface area (TPSA) is 75.8 Å². The van der Waals surface area contributed by atoms with Gasteiger partial charge in [0.15, 0.2) is 0 Å². The number of carbonyl (C=O) groups is 1. The van der Waals surface area contributed by atoms with Gasteiger partial charge in [0.05, 0.1) is 6.54 Å². The molecular weight excluding hydrogens is 292 g/mol. The van der Waals surface area contributed by atoms with Gasteiger partial charge in [-0.15, -0.1) is 0 Å². The first kappa shape index (κ1) is 15.1. The number of urea groups is 1. The van der Waals surface area contributed by atoms with Crippen LogP contribution in [0.4, 0.5) is 4.79 Å². The zero-order valence-electron chi connectivity index (χ0n) is 12.6. The molecule has 0 aromatic heterocycles. The summed E-state index contributed by atoms with van der Waals surface area (Å²) in [6.45, 7) is 0.124. The number of primary amides is 1. The number of para-hydroxylation sites is 1. The first-order chi connectivity index (χ1) is 11.1. The van der Waals surface area contributed by atoms with Gasteiger partial charge in [-0.05, 0) is 42.2 Å². The van der Waals surface area contributed by atoms with Crippen LogP contribution in [0.2, 0.25) is 0 Å². The SMILES string of the molecule is NC(=O)N(O)CC1=Cc2cccc(Oc3ccccc3)c2CC1. The van der Waals surface area contributed by atoms with Crippen LogP contribution in [0.3, 0.4) is 0 Å². The third-order valence-electron chi connectivity index (χ3n) is 3.80. The maximum absolute atomic E-state index is 10.9. The molecule has 3 N–H and O–H groups in total. The highest BCUT2D eigenvalue weighted by atomic mass is 16.5. The summed E-state index contributed by atoms with van der Waals surface area (Å²) in [5, 5.41) is 10.00. The number of fused-ring (bicyclic) bond motifs is 1. The first-order valence-corrected chi connectivity index (χ1v) is 7.43. The highest BCUT2D eigenvalue weighted by molar-refractivity contribution is 5.71. The van der Waals surface area contributed by atoms with Gasteiger partial charge in [0, 0.05) is 5.56 Å². The molecule has 2 aromatic rings. The standard InChI is InChI=1S/C18H18N2O3/c19-18(21)20(22)12-13-9-10-16-14(11-13)5-4-8-17(16)23-15-6-2-1-3-7-15/h1-8,11,22H,9-10,12H2,(H2,19,21). The highest BCUT2D eigenvalue weighted by Crippen LogP contribution is 2.33. The third kappa shape index (κ3) is 3.52. The molecule has 1 aliphatic rings. The molecule has 0 fully saturated rings. The number of rotatable bonds is 4. The minimum absolute atomic E-state index is 0.124. The quantitative estimate of drug-likeness (QED) is 0.669. The summed E-state index contributed by atoms with van der Waals surface area (Å²) in [5.41, 5.74) is 8.17. The Balaban J connectivity index is 1.83. The van der Waals surface area contributed by atoms with Gasteiger partial charge in [-0.2, -0.15) is 0 Å². The predicted molar refractivity (Wildman–Crippen MR) is 87.3 cm³/mol. The molecule has 0 bridgehead atoms. The second-order valence-electron chi connectivity index (χ2n) is 5.44. The van der Waals surface area contributed by atoms with Crippen LogP contribution < -0.4 is 10.5 Å². The molecule has 0 spiro atoms.